The first-order valence-electron chi connectivity index (χ1n) is 7.48. The summed E-state index contributed by atoms with van der Waals surface area (Å²) >= 11 is 0. The zero-order valence-electron chi connectivity index (χ0n) is 12.5. The molecule has 6 nitrogen and oxygen atoms in total. The van der Waals surface area contributed by atoms with Crippen molar-refractivity contribution in [1.82, 2.24) is 9.80 Å². The van der Waals surface area contributed by atoms with E-state index in [0.717, 1.165) is 12.8 Å². The van der Waals surface area contributed by atoms with Gasteiger partial charge in [0.25, 0.3) is 5.91 Å². The van der Waals surface area contributed by atoms with Gasteiger partial charge in [0.2, 0.25) is 5.91 Å². The average molecular weight is 304 g/mol. The van der Waals surface area contributed by atoms with Crippen LogP contribution in [0.3, 0.4) is 0 Å². The molecule has 1 aromatic rings. The molecule has 0 atom stereocenters. The highest BCUT2D eigenvalue weighted by atomic mass is 16.5. The molecule has 3 heterocycles. The van der Waals surface area contributed by atoms with Crippen LogP contribution in [0.25, 0.3) is 0 Å². The predicted octanol–water partition coefficient (Wildman–Crippen LogP) is 1.30. The quantitative estimate of drug-likeness (QED) is 0.790. The van der Waals surface area contributed by atoms with Crippen LogP contribution < -0.4 is 0 Å². The van der Waals surface area contributed by atoms with Crippen LogP contribution in [-0.2, 0) is 9.53 Å². The number of carbonyl (C=O) groups is 2. The highest BCUT2D eigenvalue weighted by Gasteiger charge is 2.42. The molecule has 0 bridgehead atoms. The summed E-state index contributed by atoms with van der Waals surface area (Å²) in [5.74, 6) is -0.0131. The number of rotatable bonds is 3. The van der Waals surface area contributed by atoms with Gasteiger partial charge in [0.05, 0.1) is 24.0 Å². The lowest BCUT2D eigenvalue weighted by Gasteiger charge is -2.46. The highest BCUT2D eigenvalue weighted by Crippen LogP contribution is 2.31. The number of piperidine rings is 1. The van der Waals surface area contributed by atoms with Crippen molar-refractivity contribution < 1.29 is 18.7 Å². The summed E-state index contributed by atoms with van der Waals surface area (Å²) in [4.78, 5) is 27.7. The Bertz CT molecular complexity index is 559. The second-order valence-electron chi connectivity index (χ2n) is 5.84. The van der Waals surface area contributed by atoms with E-state index >= 15 is 0 Å². The van der Waals surface area contributed by atoms with Gasteiger partial charge in [0.15, 0.2) is 0 Å². The molecule has 1 aromatic heterocycles. The number of furan rings is 1. The van der Waals surface area contributed by atoms with Gasteiger partial charge in [-0.1, -0.05) is 6.08 Å². The fourth-order valence-electron chi connectivity index (χ4n) is 3.10. The zero-order valence-corrected chi connectivity index (χ0v) is 12.5. The lowest BCUT2D eigenvalue weighted by Crippen LogP contribution is -2.59. The molecule has 3 rings (SSSR count). The Morgan fingerprint density at radius 3 is 2.82 bits per heavy atom. The van der Waals surface area contributed by atoms with E-state index in [-0.39, 0.29) is 24.0 Å². The van der Waals surface area contributed by atoms with Crippen LogP contribution in [-0.4, -0.2) is 60.0 Å². The molecule has 118 valence electrons. The third-order valence-electron chi connectivity index (χ3n) is 4.41. The summed E-state index contributed by atoms with van der Waals surface area (Å²) in [6, 6.07) is 1.67. The van der Waals surface area contributed by atoms with E-state index in [1.54, 1.807) is 17.0 Å². The topological polar surface area (TPSA) is 63.0 Å². The maximum absolute atomic E-state index is 12.3. The molecule has 0 saturated carbocycles. The maximum Gasteiger partial charge on any atom is 0.257 e. The number of carbonyl (C=O) groups excluding carboxylic acids is 2. The molecule has 22 heavy (non-hydrogen) atoms. The molecule has 2 saturated heterocycles. The van der Waals surface area contributed by atoms with E-state index in [1.807, 2.05) is 4.90 Å². The smallest absolute Gasteiger partial charge is 0.257 e. The Labute approximate surface area is 129 Å². The van der Waals surface area contributed by atoms with Gasteiger partial charge in [-0.15, -0.1) is 6.58 Å². The Hall–Kier alpha value is -2.08. The summed E-state index contributed by atoms with van der Waals surface area (Å²) in [5.41, 5.74) is 0.244. The van der Waals surface area contributed by atoms with Crippen LogP contribution in [0.1, 0.15) is 23.2 Å². The van der Waals surface area contributed by atoms with Crippen molar-refractivity contribution >= 4 is 11.8 Å². The second-order valence-corrected chi connectivity index (χ2v) is 5.84. The summed E-state index contributed by atoms with van der Waals surface area (Å²) in [6.45, 7) is 6.17. The summed E-state index contributed by atoms with van der Waals surface area (Å²) in [7, 11) is 0. The Morgan fingerprint density at radius 1 is 1.41 bits per heavy atom. The van der Waals surface area contributed by atoms with E-state index in [4.69, 9.17) is 9.15 Å². The SMILES string of the molecule is C=CCN1CC2(CCN(C(=O)c3ccoc3)CC2)OCC1=O. The summed E-state index contributed by atoms with van der Waals surface area (Å²) in [5, 5.41) is 0. The molecule has 2 amide bonds. The normalized spacial score (nSPS) is 21.2. The summed E-state index contributed by atoms with van der Waals surface area (Å²) in [6.07, 6.45) is 6.17. The van der Waals surface area contributed by atoms with Crippen molar-refractivity contribution in [3.63, 3.8) is 0 Å². The van der Waals surface area contributed by atoms with Gasteiger partial charge >= 0.3 is 0 Å². The second kappa shape index (κ2) is 5.96. The highest BCUT2D eigenvalue weighted by molar-refractivity contribution is 5.93. The molecular weight excluding hydrogens is 284 g/mol. The van der Waals surface area contributed by atoms with Crippen LogP contribution >= 0.6 is 0 Å². The average Bonchev–Trinajstić information content (AvgIpc) is 3.06. The molecule has 0 radical (unpaired) electrons. The molecule has 2 fully saturated rings. The van der Waals surface area contributed by atoms with E-state index in [1.165, 1.54) is 12.5 Å². The van der Waals surface area contributed by atoms with Crippen molar-refractivity contribution in [3.05, 3.63) is 36.8 Å². The van der Waals surface area contributed by atoms with Crippen LogP contribution in [0.5, 0.6) is 0 Å². The van der Waals surface area contributed by atoms with Crippen LogP contribution in [0.4, 0.5) is 0 Å². The predicted molar refractivity (Wildman–Crippen MR) is 79.3 cm³/mol. The fourth-order valence-corrected chi connectivity index (χ4v) is 3.10. The monoisotopic (exact) mass is 304 g/mol. The number of hydrogen-bond acceptors (Lipinski definition) is 4. The van der Waals surface area contributed by atoms with Gasteiger partial charge in [-0.05, 0) is 18.9 Å². The zero-order chi connectivity index (χ0) is 15.6. The lowest BCUT2D eigenvalue weighted by atomic mass is 9.89. The number of amides is 2. The largest absolute Gasteiger partial charge is 0.472 e. The molecule has 0 aliphatic carbocycles. The molecule has 6 heteroatoms. The molecule has 1 spiro atoms. The third-order valence-corrected chi connectivity index (χ3v) is 4.41. The van der Waals surface area contributed by atoms with E-state index in [0.29, 0.717) is 31.7 Å². The standard InChI is InChI=1S/C16H20N2O4/c1-2-6-18-12-16(22-11-14(18)19)4-7-17(8-5-16)15(20)13-3-9-21-10-13/h2-3,9-10H,1,4-8,11-12H2. The van der Waals surface area contributed by atoms with Crippen molar-refractivity contribution in [2.75, 3.05) is 32.8 Å². The molecule has 0 N–H and O–H groups in total. The van der Waals surface area contributed by atoms with Crippen LogP contribution in [0.15, 0.2) is 35.7 Å². The van der Waals surface area contributed by atoms with E-state index in [9.17, 15) is 9.59 Å². The Kier molecular flexibility index (Phi) is 4.02. The van der Waals surface area contributed by atoms with E-state index < -0.39 is 0 Å². The molecule has 2 aliphatic heterocycles. The molecular formula is C16H20N2O4. The van der Waals surface area contributed by atoms with Crippen molar-refractivity contribution in [3.8, 4) is 0 Å². The van der Waals surface area contributed by atoms with E-state index in [2.05, 4.69) is 6.58 Å². The van der Waals surface area contributed by atoms with Crippen LogP contribution in [0, 0.1) is 0 Å². The molecule has 0 unspecified atom stereocenters. The molecule has 2 aliphatic rings. The van der Waals surface area contributed by atoms with Gasteiger partial charge in [-0.25, -0.2) is 0 Å². The minimum atomic E-state index is -0.329. The van der Waals surface area contributed by atoms with Crippen molar-refractivity contribution in [1.29, 1.82) is 0 Å². The number of likely N-dealkylation sites (tertiary alicyclic amines) is 1. The van der Waals surface area contributed by atoms with Gasteiger partial charge in [0.1, 0.15) is 12.9 Å². The van der Waals surface area contributed by atoms with Crippen molar-refractivity contribution in [2.24, 2.45) is 0 Å². The first-order valence-corrected chi connectivity index (χ1v) is 7.48. The number of hydrogen-bond donors (Lipinski definition) is 0. The van der Waals surface area contributed by atoms with Gasteiger partial charge in [-0.3, -0.25) is 9.59 Å². The van der Waals surface area contributed by atoms with Crippen molar-refractivity contribution in [2.45, 2.75) is 18.4 Å². The Balaban J connectivity index is 1.62. The van der Waals surface area contributed by atoms with Gasteiger partial charge < -0.3 is 19.0 Å². The first kappa shape index (κ1) is 14.8. The number of morpholine rings is 1. The minimum absolute atomic E-state index is 0.00225. The minimum Gasteiger partial charge on any atom is -0.472 e. The third kappa shape index (κ3) is 2.78. The fraction of sp³-hybridized carbons (Fsp3) is 0.500. The first-order chi connectivity index (χ1) is 10.6. The maximum atomic E-state index is 12.3. The van der Waals surface area contributed by atoms with Gasteiger partial charge in [0, 0.05) is 19.6 Å². The lowest BCUT2D eigenvalue weighted by molar-refractivity contribution is -0.169. The molecule has 0 aromatic carbocycles. The van der Waals surface area contributed by atoms with Gasteiger partial charge in [-0.2, -0.15) is 0 Å². The number of nitrogens with zero attached hydrogens (tertiary/aromatic N) is 2. The number of ether oxygens (including phenoxy) is 1. The Morgan fingerprint density at radius 2 is 2.18 bits per heavy atom. The van der Waals surface area contributed by atoms with Crippen LogP contribution in [0.2, 0.25) is 0 Å². The summed E-state index contributed by atoms with van der Waals surface area (Å²) < 4.78 is 10.8.